The van der Waals surface area contributed by atoms with Gasteiger partial charge in [0.15, 0.2) is 5.82 Å². The lowest BCUT2D eigenvalue weighted by Crippen LogP contribution is -2.43. The number of alkyl halides is 3. The molecule has 1 aliphatic rings. The summed E-state index contributed by atoms with van der Waals surface area (Å²) in [6.45, 7) is 0.683. The van der Waals surface area contributed by atoms with Crippen LogP contribution in [-0.4, -0.2) is 35.2 Å². The Bertz CT molecular complexity index is 1320. The van der Waals surface area contributed by atoms with Gasteiger partial charge in [-0.25, -0.2) is 22.8 Å². The summed E-state index contributed by atoms with van der Waals surface area (Å²) in [5.41, 5.74) is 1.03. The molecule has 12 heteroatoms. The van der Waals surface area contributed by atoms with Gasteiger partial charge in [-0.3, -0.25) is 0 Å². The molecular weight excluding hydrogens is 450 g/mol. The Morgan fingerprint density at radius 1 is 1.25 bits per heavy atom. The number of hydrogen-bond donors (Lipinski definition) is 1. The average molecular weight is 467 g/mol. The third-order valence-corrected chi connectivity index (χ3v) is 6.99. The molecule has 2 heterocycles. The van der Waals surface area contributed by atoms with Gasteiger partial charge in [0.25, 0.3) is 0 Å². The monoisotopic (exact) mass is 467 g/mol. The lowest BCUT2D eigenvalue weighted by Gasteiger charge is -2.29. The summed E-state index contributed by atoms with van der Waals surface area (Å²) >= 11 is 0. The number of nitriles is 1. The number of nitrogens with zero attached hydrogens (tertiary/aromatic N) is 4. The first kappa shape index (κ1) is 22.2. The van der Waals surface area contributed by atoms with E-state index < -0.39 is 33.0 Å². The molecule has 1 saturated carbocycles. The molecule has 4 rings (SSSR count). The van der Waals surface area contributed by atoms with Gasteiger partial charge in [0.2, 0.25) is 10.0 Å². The second-order valence-electron chi connectivity index (χ2n) is 7.58. The summed E-state index contributed by atoms with van der Waals surface area (Å²) in [6, 6.07) is 3.83. The van der Waals surface area contributed by atoms with E-state index in [0.717, 1.165) is 31.7 Å². The Kier molecular flexibility index (Phi) is 5.42. The maximum atomic E-state index is 13.9. The van der Waals surface area contributed by atoms with Gasteiger partial charge in [0.05, 0.1) is 23.5 Å². The van der Waals surface area contributed by atoms with E-state index >= 15 is 0 Å². The quantitative estimate of drug-likeness (QED) is 0.571. The fourth-order valence-corrected chi connectivity index (χ4v) is 4.70. The Balaban J connectivity index is 1.80. The van der Waals surface area contributed by atoms with E-state index in [1.807, 2.05) is 0 Å². The molecule has 1 N–H and O–H groups in total. The number of rotatable bonds is 5. The number of nitrogens with one attached hydrogen (secondary N) is 1. The van der Waals surface area contributed by atoms with Crippen LogP contribution in [0.1, 0.15) is 37.8 Å². The van der Waals surface area contributed by atoms with Crippen molar-refractivity contribution in [3.8, 4) is 17.6 Å². The smallest absolute Gasteiger partial charge is 0.334 e. The highest BCUT2D eigenvalue weighted by atomic mass is 32.2. The fourth-order valence-electron chi connectivity index (χ4n) is 3.59. The van der Waals surface area contributed by atoms with E-state index in [0.29, 0.717) is 23.5 Å². The first-order chi connectivity index (χ1) is 15.0. The fraction of sp³-hybridized carbons (Fsp3) is 0.350. The highest BCUT2D eigenvalue weighted by molar-refractivity contribution is 7.89. The van der Waals surface area contributed by atoms with E-state index in [1.165, 1.54) is 22.9 Å². The predicted molar refractivity (Wildman–Crippen MR) is 106 cm³/mol. The lowest BCUT2D eigenvalue weighted by molar-refractivity contribution is -0.147. The molecule has 0 bridgehead atoms. The van der Waals surface area contributed by atoms with Crippen molar-refractivity contribution in [1.82, 2.24) is 19.3 Å². The van der Waals surface area contributed by atoms with E-state index in [2.05, 4.69) is 16.0 Å². The molecule has 0 aliphatic heterocycles. The summed E-state index contributed by atoms with van der Waals surface area (Å²) in [5, 5.41) is 10.3. The van der Waals surface area contributed by atoms with Crippen LogP contribution in [0.5, 0.6) is 0 Å². The minimum Gasteiger partial charge on any atom is -0.334 e. The molecular formula is C20H17F4N5O2S. The van der Waals surface area contributed by atoms with Crippen LogP contribution in [0.3, 0.4) is 0 Å². The van der Waals surface area contributed by atoms with Gasteiger partial charge < -0.3 is 4.57 Å². The SMILES string of the molecule is CC(NS(=O)(=O)c1cnc(-c2c(C#N)c3ccc(F)cc3n2C2CCC2)nc1)C(F)(F)F. The van der Waals surface area contributed by atoms with E-state index in [1.54, 1.807) is 4.57 Å². The number of halogens is 4. The Morgan fingerprint density at radius 3 is 2.44 bits per heavy atom. The van der Waals surface area contributed by atoms with Crippen molar-refractivity contribution in [3.63, 3.8) is 0 Å². The minimum absolute atomic E-state index is 0.00212. The molecule has 168 valence electrons. The zero-order chi connectivity index (χ0) is 23.3. The van der Waals surface area contributed by atoms with Crippen LogP contribution in [0.4, 0.5) is 17.6 Å². The zero-order valence-corrected chi connectivity index (χ0v) is 17.5. The second-order valence-corrected chi connectivity index (χ2v) is 9.29. The summed E-state index contributed by atoms with van der Waals surface area (Å²) in [6.07, 6.45) is -0.402. The largest absolute Gasteiger partial charge is 0.404 e. The maximum Gasteiger partial charge on any atom is 0.404 e. The summed E-state index contributed by atoms with van der Waals surface area (Å²) in [4.78, 5) is 7.52. The molecule has 2 aromatic heterocycles. The van der Waals surface area contributed by atoms with Gasteiger partial charge in [0.1, 0.15) is 28.5 Å². The van der Waals surface area contributed by atoms with Crippen LogP contribution in [0, 0.1) is 17.1 Å². The van der Waals surface area contributed by atoms with Crippen LogP contribution in [0.15, 0.2) is 35.5 Å². The van der Waals surface area contributed by atoms with Gasteiger partial charge in [-0.1, -0.05) is 0 Å². The number of benzene rings is 1. The molecule has 0 spiro atoms. The average Bonchev–Trinajstić information content (AvgIpc) is 2.99. The number of hydrogen-bond acceptors (Lipinski definition) is 5. The van der Waals surface area contributed by atoms with Gasteiger partial charge in [0, 0.05) is 11.4 Å². The van der Waals surface area contributed by atoms with Crippen LogP contribution in [0.2, 0.25) is 0 Å². The molecule has 0 saturated heterocycles. The predicted octanol–water partition coefficient (Wildman–Crippen LogP) is 4.06. The Morgan fingerprint density at radius 2 is 1.91 bits per heavy atom. The van der Waals surface area contributed by atoms with Crippen molar-refractivity contribution in [2.24, 2.45) is 0 Å². The third-order valence-electron chi connectivity index (χ3n) is 5.49. The molecule has 1 atom stereocenters. The normalized spacial score (nSPS) is 16.0. The van der Waals surface area contributed by atoms with Crippen molar-refractivity contribution in [1.29, 1.82) is 5.26 Å². The van der Waals surface area contributed by atoms with Crippen molar-refractivity contribution >= 4 is 20.9 Å². The van der Waals surface area contributed by atoms with Crippen molar-refractivity contribution < 1.29 is 26.0 Å². The molecule has 0 amide bonds. The standard InChI is InChI=1S/C20H17F4N5O2S/c1-11(20(22,23)24)28-32(30,31)14-9-26-19(27-10-14)18-16(8-25)15-6-5-12(21)7-17(15)29(18)13-3-2-4-13/h5-7,9-11,13,28H,2-4H2,1H3. The first-order valence-corrected chi connectivity index (χ1v) is 11.2. The summed E-state index contributed by atoms with van der Waals surface area (Å²) in [5.74, 6) is -0.452. The Labute approximate surface area is 180 Å². The molecule has 0 radical (unpaired) electrons. The highest BCUT2D eigenvalue weighted by Crippen LogP contribution is 2.41. The van der Waals surface area contributed by atoms with Crippen LogP contribution < -0.4 is 4.72 Å². The third kappa shape index (κ3) is 3.82. The van der Waals surface area contributed by atoms with E-state index in [4.69, 9.17) is 0 Å². The van der Waals surface area contributed by atoms with Crippen LogP contribution in [-0.2, 0) is 10.0 Å². The molecule has 1 unspecified atom stereocenters. The van der Waals surface area contributed by atoms with Crippen molar-refractivity contribution in [3.05, 3.63) is 42.0 Å². The number of fused-ring (bicyclic) bond motifs is 1. The minimum atomic E-state index is -4.76. The molecule has 1 aromatic carbocycles. The van der Waals surface area contributed by atoms with Crippen LogP contribution >= 0.6 is 0 Å². The molecule has 1 aliphatic carbocycles. The molecule has 3 aromatic rings. The van der Waals surface area contributed by atoms with Gasteiger partial charge >= 0.3 is 6.18 Å². The maximum absolute atomic E-state index is 13.9. The summed E-state index contributed by atoms with van der Waals surface area (Å²) < 4.78 is 80.0. The number of aromatic nitrogens is 3. The van der Waals surface area contributed by atoms with Crippen molar-refractivity contribution in [2.75, 3.05) is 0 Å². The van der Waals surface area contributed by atoms with Gasteiger partial charge in [-0.15, -0.1) is 0 Å². The van der Waals surface area contributed by atoms with E-state index in [-0.39, 0.29) is 17.4 Å². The first-order valence-electron chi connectivity index (χ1n) is 9.68. The second kappa shape index (κ2) is 7.83. The van der Waals surface area contributed by atoms with Gasteiger partial charge in [-0.05, 0) is 44.4 Å². The summed E-state index contributed by atoms with van der Waals surface area (Å²) in [7, 11) is -4.52. The highest BCUT2D eigenvalue weighted by Gasteiger charge is 2.39. The topological polar surface area (TPSA) is 101 Å². The van der Waals surface area contributed by atoms with E-state index in [9.17, 15) is 31.2 Å². The molecule has 7 nitrogen and oxygen atoms in total. The van der Waals surface area contributed by atoms with Crippen LogP contribution in [0.25, 0.3) is 22.4 Å². The Hall–Kier alpha value is -3.04. The zero-order valence-electron chi connectivity index (χ0n) is 16.7. The van der Waals surface area contributed by atoms with Crippen molar-refractivity contribution in [2.45, 2.75) is 49.3 Å². The lowest BCUT2D eigenvalue weighted by atomic mass is 9.92. The number of sulfonamides is 1. The molecule has 1 fully saturated rings. The molecule has 32 heavy (non-hydrogen) atoms. The van der Waals surface area contributed by atoms with Gasteiger partial charge in [-0.2, -0.15) is 23.2 Å².